The van der Waals surface area contributed by atoms with Gasteiger partial charge in [0.25, 0.3) is 0 Å². The van der Waals surface area contributed by atoms with E-state index in [1.165, 1.54) is 0 Å². The first-order chi connectivity index (χ1) is 9.05. The van der Waals surface area contributed by atoms with Gasteiger partial charge in [-0.25, -0.2) is 0 Å². The quantitative estimate of drug-likeness (QED) is 0.772. The van der Waals surface area contributed by atoms with Crippen LogP contribution in [0.2, 0.25) is 0 Å². The highest BCUT2D eigenvalue weighted by Gasteiger charge is 2.16. The summed E-state index contributed by atoms with van der Waals surface area (Å²) in [6, 6.07) is 3.85. The van der Waals surface area contributed by atoms with Crippen LogP contribution in [0.3, 0.4) is 0 Å². The van der Waals surface area contributed by atoms with Crippen LogP contribution in [0, 0.1) is 6.92 Å². The fourth-order valence-electron chi connectivity index (χ4n) is 2.23. The minimum absolute atomic E-state index is 0.0873. The smallest absolute Gasteiger partial charge is 0.186 e. The lowest BCUT2D eigenvalue weighted by Gasteiger charge is -2.04. The number of ketones is 1. The summed E-state index contributed by atoms with van der Waals surface area (Å²) in [6.45, 7) is 6.78. The van der Waals surface area contributed by atoms with Crippen LogP contribution in [0.1, 0.15) is 41.4 Å². The minimum atomic E-state index is 0.0873. The Labute approximate surface area is 113 Å². The van der Waals surface area contributed by atoms with Crippen molar-refractivity contribution in [1.29, 1.82) is 0 Å². The van der Waals surface area contributed by atoms with Crippen molar-refractivity contribution in [2.24, 2.45) is 7.05 Å². The largest absolute Gasteiger partial charge is 0.292 e. The summed E-state index contributed by atoms with van der Waals surface area (Å²) < 4.78 is 3.55. The molecule has 0 aliphatic carbocycles. The van der Waals surface area contributed by atoms with E-state index in [4.69, 9.17) is 0 Å². The van der Waals surface area contributed by atoms with Gasteiger partial charge in [0.15, 0.2) is 5.78 Å². The molecule has 102 valence electrons. The third-order valence-corrected chi connectivity index (χ3v) is 3.21. The molecule has 0 atom stereocenters. The molecule has 0 saturated carbocycles. The zero-order chi connectivity index (χ0) is 14.0. The average molecular weight is 260 g/mol. The van der Waals surface area contributed by atoms with Crippen molar-refractivity contribution in [3.63, 3.8) is 0 Å². The van der Waals surface area contributed by atoms with Crippen molar-refractivity contribution in [2.75, 3.05) is 0 Å². The van der Waals surface area contributed by atoms with Crippen LogP contribution in [0.5, 0.6) is 0 Å². The van der Waals surface area contributed by atoms with Gasteiger partial charge in [-0.1, -0.05) is 6.92 Å². The Morgan fingerprint density at radius 1 is 1.26 bits per heavy atom. The molecule has 0 radical (unpaired) electrons. The zero-order valence-corrected chi connectivity index (χ0v) is 12.0. The molecule has 0 spiro atoms. The van der Waals surface area contributed by atoms with Crippen molar-refractivity contribution >= 4 is 5.78 Å². The van der Waals surface area contributed by atoms with Crippen LogP contribution in [0.15, 0.2) is 12.1 Å². The highest BCUT2D eigenvalue weighted by Crippen LogP contribution is 2.11. The molecule has 0 aromatic carbocycles. The van der Waals surface area contributed by atoms with Gasteiger partial charge in [-0.2, -0.15) is 10.2 Å². The minimum Gasteiger partial charge on any atom is -0.292 e. The number of carbonyl (C=O) groups is 1. The highest BCUT2D eigenvalue weighted by atomic mass is 16.1. The van der Waals surface area contributed by atoms with Crippen molar-refractivity contribution in [2.45, 2.75) is 40.2 Å². The second-order valence-corrected chi connectivity index (χ2v) is 4.69. The molecule has 5 heteroatoms. The lowest BCUT2D eigenvalue weighted by atomic mass is 10.1. The molecule has 2 heterocycles. The van der Waals surface area contributed by atoms with E-state index in [0.29, 0.717) is 12.1 Å². The molecular weight excluding hydrogens is 240 g/mol. The van der Waals surface area contributed by atoms with E-state index in [0.717, 1.165) is 30.0 Å². The number of carbonyl (C=O) groups excluding carboxylic acids is 1. The fraction of sp³-hybridized carbons (Fsp3) is 0.500. The Bertz CT molecular complexity index is 595. The number of nitrogens with zero attached hydrogens (tertiary/aromatic N) is 4. The SMILES string of the molecule is CCc1cc(C(=O)Cc2cc(C)nn2CC)n(C)n1. The molecule has 0 amide bonds. The molecule has 0 aliphatic heterocycles. The van der Waals surface area contributed by atoms with Crippen LogP contribution >= 0.6 is 0 Å². The number of hydrogen-bond acceptors (Lipinski definition) is 3. The maximum absolute atomic E-state index is 12.3. The summed E-state index contributed by atoms with van der Waals surface area (Å²) in [6.07, 6.45) is 1.21. The average Bonchev–Trinajstić information content (AvgIpc) is 2.92. The Hall–Kier alpha value is -1.91. The number of aryl methyl sites for hydroxylation is 4. The van der Waals surface area contributed by atoms with Gasteiger partial charge in [0.1, 0.15) is 5.69 Å². The third-order valence-electron chi connectivity index (χ3n) is 3.21. The van der Waals surface area contributed by atoms with Gasteiger partial charge < -0.3 is 0 Å². The van der Waals surface area contributed by atoms with Crippen molar-refractivity contribution < 1.29 is 4.79 Å². The van der Waals surface area contributed by atoms with Gasteiger partial charge in [-0.15, -0.1) is 0 Å². The molecule has 0 saturated heterocycles. The maximum Gasteiger partial charge on any atom is 0.186 e. The van der Waals surface area contributed by atoms with Crippen LogP contribution in [-0.4, -0.2) is 25.3 Å². The molecule has 0 aliphatic rings. The Kier molecular flexibility index (Phi) is 3.83. The summed E-state index contributed by atoms with van der Waals surface area (Å²) >= 11 is 0. The molecular formula is C14H20N4O. The topological polar surface area (TPSA) is 52.7 Å². The first-order valence-corrected chi connectivity index (χ1v) is 6.64. The van der Waals surface area contributed by atoms with Crippen LogP contribution in [0.25, 0.3) is 0 Å². The van der Waals surface area contributed by atoms with Crippen LogP contribution in [0.4, 0.5) is 0 Å². The van der Waals surface area contributed by atoms with Gasteiger partial charge in [0.05, 0.1) is 17.8 Å². The predicted octanol–water partition coefficient (Wildman–Crippen LogP) is 1.93. The van der Waals surface area contributed by atoms with Gasteiger partial charge >= 0.3 is 0 Å². The summed E-state index contributed by atoms with van der Waals surface area (Å²) in [5, 5.41) is 8.67. The van der Waals surface area contributed by atoms with E-state index in [2.05, 4.69) is 10.2 Å². The molecule has 0 unspecified atom stereocenters. The molecule has 2 rings (SSSR count). The molecule has 0 fully saturated rings. The normalized spacial score (nSPS) is 10.9. The van der Waals surface area contributed by atoms with Crippen molar-refractivity contribution in [3.05, 3.63) is 34.9 Å². The molecule has 19 heavy (non-hydrogen) atoms. The summed E-state index contributed by atoms with van der Waals surface area (Å²) in [4.78, 5) is 12.3. The molecule has 5 nitrogen and oxygen atoms in total. The van der Waals surface area contributed by atoms with E-state index < -0.39 is 0 Å². The first-order valence-electron chi connectivity index (χ1n) is 6.64. The summed E-state index contributed by atoms with van der Waals surface area (Å²) in [5.41, 5.74) is 3.53. The van der Waals surface area contributed by atoms with Crippen molar-refractivity contribution in [1.82, 2.24) is 19.6 Å². The Morgan fingerprint density at radius 3 is 2.58 bits per heavy atom. The second-order valence-electron chi connectivity index (χ2n) is 4.69. The highest BCUT2D eigenvalue weighted by molar-refractivity contribution is 5.95. The standard InChI is InChI=1S/C14H20N4O/c1-5-11-8-13(17(4)16-11)14(19)9-12-7-10(3)15-18(12)6-2/h7-8H,5-6,9H2,1-4H3. The Balaban J connectivity index is 2.22. The second kappa shape index (κ2) is 5.38. The van der Waals surface area contributed by atoms with Crippen LogP contribution < -0.4 is 0 Å². The predicted molar refractivity (Wildman–Crippen MR) is 73.3 cm³/mol. The van der Waals surface area contributed by atoms with E-state index in [1.54, 1.807) is 4.68 Å². The number of rotatable bonds is 5. The summed E-state index contributed by atoms with van der Waals surface area (Å²) in [7, 11) is 1.81. The number of hydrogen-bond donors (Lipinski definition) is 0. The lowest BCUT2D eigenvalue weighted by Crippen LogP contribution is -2.13. The fourth-order valence-corrected chi connectivity index (χ4v) is 2.23. The number of Topliss-reactive ketones (excluding diaryl/α,β-unsaturated/α-hetero) is 1. The Morgan fingerprint density at radius 2 is 2.00 bits per heavy atom. The van der Waals surface area contributed by atoms with Gasteiger partial charge in [-0.3, -0.25) is 14.2 Å². The first kappa shape index (κ1) is 13.5. The monoisotopic (exact) mass is 260 g/mol. The third kappa shape index (κ3) is 2.75. The maximum atomic E-state index is 12.3. The lowest BCUT2D eigenvalue weighted by molar-refractivity contribution is 0.0981. The molecule has 2 aromatic heterocycles. The van der Waals surface area contributed by atoms with E-state index in [9.17, 15) is 4.79 Å². The summed E-state index contributed by atoms with van der Waals surface area (Å²) in [5.74, 6) is 0.0873. The van der Waals surface area contributed by atoms with E-state index >= 15 is 0 Å². The van der Waals surface area contributed by atoms with Crippen molar-refractivity contribution in [3.8, 4) is 0 Å². The van der Waals surface area contributed by atoms with E-state index in [1.807, 2.05) is 44.6 Å². The van der Waals surface area contributed by atoms with E-state index in [-0.39, 0.29) is 5.78 Å². The molecule has 0 N–H and O–H groups in total. The van der Waals surface area contributed by atoms with Gasteiger partial charge in [0.2, 0.25) is 0 Å². The zero-order valence-electron chi connectivity index (χ0n) is 12.0. The molecule has 2 aromatic rings. The van der Waals surface area contributed by atoms with Gasteiger partial charge in [-0.05, 0) is 32.4 Å². The number of aromatic nitrogens is 4. The molecule has 0 bridgehead atoms. The van der Waals surface area contributed by atoms with Crippen LogP contribution in [-0.2, 0) is 26.4 Å². The van der Waals surface area contributed by atoms with Gasteiger partial charge in [0, 0.05) is 19.3 Å².